The molecule has 1 aliphatic heterocycles. The fourth-order valence-electron chi connectivity index (χ4n) is 1.79. The van der Waals surface area contributed by atoms with Crippen molar-refractivity contribution in [3.05, 3.63) is 24.0 Å². The van der Waals surface area contributed by atoms with Crippen molar-refractivity contribution in [1.82, 2.24) is 4.90 Å². The van der Waals surface area contributed by atoms with Gasteiger partial charge < -0.3 is 20.1 Å². The minimum Gasteiger partial charge on any atom is -0.494 e. The molecule has 1 fully saturated rings. The molecule has 108 valence electrons. The van der Waals surface area contributed by atoms with Gasteiger partial charge in [0.2, 0.25) is 0 Å². The first-order valence-electron chi connectivity index (χ1n) is 5.74. The van der Waals surface area contributed by atoms with Crippen LogP contribution in [0.15, 0.2) is 18.2 Å². The van der Waals surface area contributed by atoms with Crippen LogP contribution in [0, 0.1) is 5.82 Å². The summed E-state index contributed by atoms with van der Waals surface area (Å²) >= 11 is 1.36. The van der Waals surface area contributed by atoms with Crippen LogP contribution in [-0.2, 0) is 4.79 Å². The number of carbonyl (C=O) groups is 2. The van der Waals surface area contributed by atoms with Gasteiger partial charge in [0, 0.05) is 17.5 Å². The Morgan fingerprint density at radius 3 is 2.90 bits per heavy atom. The highest BCUT2D eigenvalue weighted by atomic mass is 32.2. The van der Waals surface area contributed by atoms with Gasteiger partial charge in [0.1, 0.15) is 6.04 Å². The lowest BCUT2D eigenvalue weighted by Crippen LogP contribution is -2.43. The van der Waals surface area contributed by atoms with Crippen LogP contribution in [0.1, 0.15) is 0 Å². The van der Waals surface area contributed by atoms with Gasteiger partial charge in [-0.15, -0.1) is 11.8 Å². The van der Waals surface area contributed by atoms with E-state index in [1.807, 2.05) is 0 Å². The van der Waals surface area contributed by atoms with Gasteiger partial charge in [-0.2, -0.15) is 0 Å². The Hall–Kier alpha value is -1.96. The number of carbonyl (C=O) groups excluding carboxylic acids is 1. The number of nitrogens with one attached hydrogen (secondary N) is 1. The number of anilines is 1. The van der Waals surface area contributed by atoms with E-state index < -0.39 is 23.9 Å². The average molecular weight is 300 g/mol. The molecule has 2 N–H and O–H groups in total. The SMILES string of the molecule is COc1ccc(NC(=O)N2CSC[C@H]2C(=O)O)cc1F. The van der Waals surface area contributed by atoms with Gasteiger partial charge in [0.15, 0.2) is 11.6 Å². The molecular formula is C12H13FN2O4S. The minimum atomic E-state index is -1.05. The van der Waals surface area contributed by atoms with Gasteiger partial charge in [-0.05, 0) is 12.1 Å². The molecule has 0 aliphatic carbocycles. The van der Waals surface area contributed by atoms with Crippen molar-refractivity contribution in [1.29, 1.82) is 0 Å². The second-order valence-corrected chi connectivity index (χ2v) is 5.10. The summed E-state index contributed by atoms with van der Waals surface area (Å²) in [7, 11) is 1.34. The normalized spacial score (nSPS) is 17.9. The smallest absolute Gasteiger partial charge is 0.327 e. The fourth-order valence-corrected chi connectivity index (χ4v) is 2.93. The third-order valence-electron chi connectivity index (χ3n) is 2.83. The summed E-state index contributed by atoms with van der Waals surface area (Å²) < 4.78 is 18.3. The molecule has 1 aromatic rings. The lowest BCUT2D eigenvalue weighted by atomic mass is 10.3. The topological polar surface area (TPSA) is 78.9 Å². The molecule has 1 aliphatic rings. The molecule has 1 saturated heterocycles. The van der Waals surface area contributed by atoms with Crippen LogP contribution in [0.3, 0.4) is 0 Å². The zero-order valence-corrected chi connectivity index (χ0v) is 11.4. The van der Waals surface area contributed by atoms with Gasteiger partial charge in [-0.3, -0.25) is 0 Å². The van der Waals surface area contributed by atoms with E-state index in [9.17, 15) is 14.0 Å². The number of ether oxygens (including phenoxy) is 1. The first-order chi connectivity index (χ1) is 9.52. The number of methoxy groups -OCH3 is 1. The van der Waals surface area contributed by atoms with Gasteiger partial charge >= 0.3 is 12.0 Å². The maximum atomic E-state index is 13.5. The molecule has 0 bridgehead atoms. The number of hydrogen-bond donors (Lipinski definition) is 2. The summed E-state index contributed by atoms with van der Waals surface area (Å²) in [5.41, 5.74) is 0.245. The number of nitrogens with zero attached hydrogens (tertiary/aromatic N) is 1. The number of thioether (sulfide) groups is 1. The monoisotopic (exact) mass is 300 g/mol. The molecule has 0 unspecified atom stereocenters. The zero-order chi connectivity index (χ0) is 14.7. The molecule has 0 radical (unpaired) electrons. The standard InChI is InChI=1S/C12H13FN2O4S/c1-19-10-3-2-7(4-8(10)13)14-12(18)15-6-20-5-9(15)11(16)17/h2-4,9H,5-6H2,1H3,(H,14,18)(H,16,17)/t9-/m0/s1. The lowest BCUT2D eigenvalue weighted by Gasteiger charge is -2.21. The van der Waals surface area contributed by atoms with Crippen molar-refractivity contribution < 1.29 is 23.8 Å². The molecule has 8 heteroatoms. The fraction of sp³-hybridized carbons (Fsp3) is 0.333. The van der Waals surface area contributed by atoms with E-state index in [0.29, 0.717) is 11.6 Å². The van der Waals surface area contributed by atoms with E-state index >= 15 is 0 Å². The maximum absolute atomic E-state index is 13.5. The van der Waals surface area contributed by atoms with Crippen LogP contribution in [0.25, 0.3) is 0 Å². The predicted molar refractivity (Wildman–Crippen MR) is 72.6 cm³/mol. The first kappa shape index (κ1) is 14.4. The molecular weight excluding hydrogens is 287 g/mol. The molecule has 1 heterocycles. The number of urea groups is 1. The second-order valence-electron chi connectivity index (χ2n) is 4.10. The van der Waals surface area contributed by atoms with E-state index in [4.69, 9.17) is 9.84 Å². The Kier molecular flexibility index (Phi) is 4.33. The number of aliphatic carboxylic acids is 1. The van der Waals surface area contributed by atoms with Gasteiger partial charge in [0.25, 0.3) is 0 Å². The molecule has 1 aromatic carbocycles. The van der Waals surface area contributed by atoms with Crippen LogP contribution in [-0.4, -0.2) is 46.8 Å². The molecule has 0 aromatic heterocycles. The van der Waals surface area contributed by atoms with E-state index in [0.717, 1.165) is 6.07 Å². The Morgan fingerprint density at radius 2 is 2.30 bits per heavy atom. The van der Waals surface area contributed by atoms with Gasteiger partial charge in [0.05, 0.1) is 13.0 Å². The van der Waals surface area contributed by atoms with Crippen LogP contribution >= 0.6 is 11.8 Å². The number of carboxylic acid groups (broad SMARTS) is 1. The Balaban J connectivity index is 2.08. The van der Waals surface area contributed by atoms with E-state index in [-0.39, 0.29) is 11.4 Å². The highest BCUT2D eigenvalue weighted by Gasteiger charge is 2.34. The molecule has 2 amide bonds. The first-order valence-corrected chi connectivity index (χ1v) is 6.90. The quantitative estimate of drug-likeness (QED) is 0.890. The van der Waals surface area contributed by atoms with Crippen LogP contribution in [0.5, 0.6) is 5.75 Å². The molecule has 0 saturated carbocycles. The number of carboxylic acids is 1. The van der Waals surface area contributed by atoms with E-state index in [2.05, 4.69) is 5.32 Å². The Bertz CT molecular complexity index is 540. The Labute approximate surface area is 118 Å². The highest BCUT2D eigenvalue weighted by molar-refractivity contribution is 7.99. The summed E-state index contributed by atoms with van der Waals surface area (Å²) in [5, 5.41) is 11.5. The summed E-state index contributed by atoms with van der Waals surface area (Å²) in [6.07, 6.45) is 0. The van der Waals surface area contributed by atoms with E-state index in [1.54, 1.807) is 0 Å². The minimum absolute atomic E-state index is 0.0724. The van der Waals surface area contributed by atoms with Crippen molar-refractivity contribution in [3.63, 3.8) is 0 Å². The lowest BCUT2D eigenvalue weighted by molar-refractivity contribution is -0.140. The summed E-state index contributed by atoms with van der Waals surface area (Å²) in [6, 6.07) is 2.57. The summed E-state index contributed by atoms with van der Waals surface area (Å²) in [5.74, 6) is -0.939. The summed E-state index contributed by atoms with van der Waals surface area (Å²) in [6.45, 7) is 0. The van der Waals surface area contributed by atoms with Gasteiger partial charge in [-0.1, -0.05) is 0 Å². The Morgan fingerprint density at radius 1 is 1.55 bits per heavy atom. The average Bonchev–Trinajstić information content (AvgIpc) is 2.88. The number of hydrogen-bond acceptors (Lipinski definition) is 4. The number of amides is 2. The van der Waals surface area contributed by atoms with Crippen molar-refractivity contribution in [3.8, 4) is 5.75 Å². The van der Waals surface area contributed by atoms with E-state index in [1.165, 1.54) is 35.9 Å². The summed E-state index contributed by atoms with van der Waals surface area (Å²) in [4.78, 5) is 24.2. The number of rotatable bonds is 3. The van der Waals surface area contributed by atoms with Crippen molar-refractivity contribution in [2.24, 2.45) is 0 Å². The number of halogens is 1. The molecule has 6 nitrogen and oxygen atoms in total. The molecule has 1 atom stereocenters. The molecule has 0 spiro atoms. The van der Waals surface area contributed by atoms with Gasteiger partial charge in [-0.25, -0.2) is 14.0 Å². The van der Waals surface area contributed by atoms with Crippen LogP contribution < -0.4 is 10.1 Å². The number of benzene rings is 1. The van der Waals surface area contributed by atoms with Crippen LogP contribution in [0.2, 0.25) is 0 Å². The molecule has 20 heavy (non-hydrogen) atoms. The predicted octanol–water partition coefficient (Wildman–Crippen LogP) is 1.83. The third kappa shape index (κ3) is 2.96. The third-order valence-corrected chi connectivity index (χ3v) is 3.84. The largest absolute Gasteiger partial charge is 0.494 e. The maximum Gasteiger partial charge on any atom is 0.327 e. The highest BCUT2D eigenvalue weighted by Crippen LogP contribution is 2.24. The van der Waals surface area contributed by atoms with Crippen LogP contribution in [0.4, 0.5) is 14.9 Å². The second kappa shape index (κ2) is 6.00. The molecule has 2 rings (SSSR count). The zero-order valence-electron chi connectivity index (χ0n) is 10.6. The van der Waals surface area contributed by atoms with Crippen molar-refractivity contribution in [2.75, 3.05) is 24.1 Å². The van der Waals surface area contributed by atoms with Crippen molar-refractivity contribution >= 4 is 29.4 Å². The van der Waals surface area contributed by atoms with Crippen molar-refractivity contribution in [2.45, 2.75) is 6.04 Å².